The van der Waals surface area contributed by atoms with Crippen LogP contribution < -0.4 is 0 Å². The van der Waals surface area contributed by atoms with E-state index in [9.17, 15) is 0 Å². The van der Waals surface area contributed by atoms with Gasteiger partial charge < -0.3 is 0 Å². The largest absolute Gasteiger partial charge is 0.107 e. The van der Waals surface area contributed by atoms with Crippen molar-refractivity contribution in [2.75, 3.05) is 0 Å². The van der Waals surface area contributed by atoms with Crippen molar-refractivity contribution in [2.24, 2.45) is 0 Å². The van der Waals surface area contributed by atoms with Gasteiger partial charge in [0.05, 0.1) is 0 Å². The molecule has 1 aliphatic carbocycles. The van der Waals surface area contributed by atoms with E-state index < -0.39 is 5.41 Å². The minimum absolute atomic E-state index is 0.470. The molecule has 0 amide bonds. The minimum atomic E-state index is -0.470. The van der Waals surface area contributed by atoms with Crippen LogP contribution in [0, 0.1) is 11.8 Å². The number of fused-ring (bicyclic) bond motifs is 2. The van der Waals surface area contributed by atoms with Gasteiger partial charge in [0.2, 0.25) is 0 Å². The first-order valence-electron chi connectivity index (χ1n) is 9.68. The SMILES string of the molecule is C(#CC1(c2ccccc2)c2ccccc2Cc2ccccc21)c1ccccc1. The molecule has 4 aromatic carbocycles. The Morgan fingerprint density at radius 2 is 1.04 bits per heavy atom. The van der Waals surface area contributed by atoms with E-state index in [2.05, 4.69) is 103 Å². The zero-order valence-corrected chi connectivity index (χ0v) is 15.6. The molecule has 0 spiro atoms. The van der Waals surface area contributed by atoms with Crippen molar-refractivity contribution >= 4 is 0 Å². The van der Waals surface area contributed by atoms with Gasteiger partial charge in [0.25, 0.3) is 0 Å². The molecular formula is C28H20. The van der Waals surface area contributed by atoms with Crippen molar-refractivity contribution in [2.45, 2.75) is 11.8 Å². The third-order valence-electron chi connectivity index (χ3n) is 5.60. The van der Waals surface area contributed by atoms with E-state index in [4.69, 9.17) is 0 Å². The van der Waals surface area contributed by atoms with Gasteiger partial charge in [0.15, 0.2) is 0 Å². The van der Waals surface area contributed by atoms with E-state index >= 15 is 0 Å². The maximum atomic E-state index is 3.73. The Morgan fingerprint density at radius 1 is 0.536 bits per heavy atom. The summed E-state index contributed by atoms with van der Waals surface area (Å²) < 4.78 is 0. The maximum Gasteiger partial charge on any atom is 0.107 e. The van der Waals surface area contributed by atoms with Crippen molar-refractivity contribution in [3.05, 3.63) is 143 Å². The van der Waals surface area contributed by atoms with Crippen molar-refractivity contribution in [1.82, 2.24) is 0 Å². The van der Waals surface area contributed by atoms with E-state index in [1.165, 1.54) is 27.8 Å². The van der Waals surface area contributed by atoms with Gasteiger partial charge in [-0.25, -0.2) is 0 Å². The smallest absolute Gasteiger partial charge is 0.0765 e. The first-order chi connectivity index (χ1) is 13.9. The first kappa shape index (κ1) is 16.6. The second kappa shape index (κ2) is 6.87. The molecule has 0 radical (unpaired) electrons. The quantitative estimate of drug-likeness (QED) is 0.368. The number of rotatable bonds is 1. The lowest BCUT2D eigenvalue weighted by Crippen LogP contribution is -2.33. The lowest BCUT2D eigenvalue weighted by Gasteiger charge is -2.37. The molecule has 0 atom stereocenters. The van der Waals surface area contributed by atoms with Gasteiger partial charge in [0, 0.05) is 5.56 Å². The molecule has 0 saturated carbocycles. The fourth-order valence-corrected chi connectivity index (χ4v) is 4.32. The summed E-state index contributed by atoms with van der Waals surface area (Å²) in [7, 11) is 0. The maximum absolute atomic E-state index is 3.73. The summed E-state index contributed by atoms with van der Waals surface area (Å²) in [6, 6.07) is 38.5. The topological polar surface area (TPSA) is 0 Å². The van der Waals surface area contributed by atoms with Crippen molar-refractivity contribution in [3.63, 3.8) is 0 Å². The van der Waals surface area contributed by atoms with E-state index in [1.807, 2.05) is 18.2 Å². The summed E-state index contributed by atoms with van der Waals surface area (Å²) >= 11 is 0. The molecule has 0 heterocycles. The highest BCUT2D eigenvalue weighted by molar-refractivity contribution is 5.66. The average molecular weight is 356 g/mol. The summed E-state index contributed by atoms with van der Waals surface area (Å²) in [5, 5.41) is 0. The first-order valence-corrected chi connectivity index (χ1v) is 9.68. The molecule has 4 aromatic rings. The van der Waals surface area contributed by atoms with E-state index in [1.54, 1.807) is 0 Å². The Bertz CT molecular complexity index is 1130. The molecule has 0 fully saturated rings. The van der Waals surface area contributed by atoms with Crippen molar-refractivity contribution < 1.29 is 0 Å². The van der Waals surface area contributed by atoms with Crippen LogP contribution in [-0.2, 0) is 11.8 Å². The van der Waals surface area contributed by atoms with E-state index in [-0.39, 0.29) is 0 Å². The molecule has 0 aromatic heterocycles. The number of hydrogen-bond acceptors (Lipinski definition) is 0. The van der Waals surface area contributed by atoms with Crippen LogP contribution in [0.3, 0.4) is 0 Å². The normalized spacial score (nSPS) is 13.6. The van der Waals surface area contributed by atoms with Gasteiger partial charge in [-0.05, 0) is 46.4 Å². The third kappa shape index (κ3) is 2.65. The fourth-order valence-electron chi connectivity index (χ4n) is 4.32. The molecule has 5 rings (SSSR count). The second-order valence-corrected chi connectivity index (χ2v) is 7.22. The zero-order valence-electron chi connectivity index (χ0n) is 15.6. The van der Waals surface area contributed by atoms with Gasteiger partial charge >= 0.3 is 0 Å². The summed E-state index contributed by atoms with van der Waals surface area (Å²) in [6.07, 6.45) is 0.952. The van der Waals surface area contributed by atoms with Crippen molar-refractivity contribution in [3.8, 4) is 11.8 Å². The van der Waals surface area contributed by atoms with Crippen LogP contribution in [0.5, 0.6) is 0 Å². The molecule has 0 bridgehead atoms. The Hall–Kier alpha value is -3.56. The van der Waals surface area contributed by atoms with Crippen LogP contribution in [0.15, 0.2) is 109 Å². The fraction of sp³-hybridized carbons (Fsp3) is 0.0714. The van der Waals surface area contributed by atoms with E-state index in [0.717, 1.165) is 12.0 Å². The predicted octanol–water partition coefficient (Wildman–Crippen LogP) is 5.98. The van der Waals surface area contributed by atoms with Crippen molar-refractivity contribution in [1.29, 1.82) is 0 Å². The van der Waals surface area contributed by atoms with E-state index in [0.29, 0.717) is 0 Å². The Morgan fingerprint density at radius 3 is 1.64 bits per heavy atom. The molecule has 28 heavy (non-hydrogen) atoms. The van der Waals surface area contributed by atoms with Gasteiger partial charge in [-0.2, -0.15) is 0 Å². The molecule has 0 N–H and O–H groups in total. The van der Waals surface area contributed by atoms with Crippen LogP contribution in [0.4, 0.5) is 0 Å². The third-order valence-corrected chi connectivity index (χ3v) is 5.60. The molecule has 0 nitrogen and oxygen atoms in total. The van der Waals surface area contributed by atoms with Crippen LogP contribution in [0.2, 0.25) is 0 Å². The molecule has 132 valence electrons. The minimum Gasteiger partial charge on any atom is -0.0765 e. The summed E-state index contributed by atoms with van der Waals surface area (Å²) in [5.74, 6) is 7.22. The molecular weight excluding hydrogens is 336 g/mol. The Kier molecular flexibility index (Phi) is 4.08. The van der Waals surface area contributed by atoms with Crippen LogP contribution in [0.25, 0.3) is 0 Å². The highest BCUT2D eigenvalue weighted by Crippen LogP contribution is 2.45. The van der Waals surface area contributed by atoms with Crippen LogP contribution in [0.1, 0.15) is 33.4 Å². The molecule has 0 aliphatic heterocycles. The lowest BCUT2D eigenvalue weighted by molar-refractivity contribution is 0.755. The molecule has 0 unspecified atom stereocenters. The summed E-state index contributed by atoms with van der Waals surface area (Å²) in [6.45, 7) is 0. The van der Waals surface area contributed by atoms with Crippen LogP contribution >= 0.6 is 0 Å². The van der Waals surface area contributed by atoms with Gasteiger partial charge in [-0.15, -0.1) is 0 Å². The van der Waals surface area contributed by atoms with Gasteiger partial charge in [-0.1, -0.05) is 109 Å². The monoisotopic (exact) mass is 356 g/mol. The van der Waals surface area contributed by atoms with Crippen LogP contribution in [-0.4, -0.2) is 0 Å². The summed E-state index contributed by atoms with van der Waals surface area (Å²) in [5.41, 5.74) is 7.09. The number of hydrogen-bond donors (Lipinski definition) is 0. The highest BCUT2D eigenvalue weighted by atomic mass is 14.4. The van der Waals surface area contributed by atoms with Gasteiger partial charge in [-0.3, -0.25) is 0 Å². The molecule has 0 heteroatoms. The van der Waals surface area contributed by atoms with Gasteiger partial charge in [0.1, 0.15) is 5.41 Å². The standard InChI is InChI=1S/C28H20/c1-3-11-22(12-4-1)19-20-28(25-15-5-2-6-16-25)26-17-9-7-13-23(26)21-24-14-8-10-18-27(24)28/h1-18H,21H2. The average Bonchev–Trinajstić information content (AvgIpc) is 2.78. The Labute approximate surface area is 166 Å². The number of benzene rings is 4. The zero-order chi connectivity index (χ0) is 18.8. The molecule has 1 aliphatic rings. The predicted molar refractivity (Wildman–Crippen MR) is 115 cm³/mol. The Balaban J connectivity index is 1.86. The molecule has 0 saturated heterocycles. The highest BCUT2D eigenvalue weighted by Gasteiger charge is 2.40. The second-order valence-electron chi connectivity index (χ2n) is 7.22. The lowest BCUT2D eigenvalue weighted by atomic mass is 9.63. The summed E-state index contributed by atoms with van der Waals surface area (Å²) in [4.78, 5) is 0.